The molecule has 1 aromatic rings. The molecule has 20 heavy (non-hydrogen) atoms. The van der Waals surface area contributed by atoms with Gasteiger partial charge in [-0.1, -0.05) is 39.8 Å². The van der Waals surface area contributed by atoms with Gasteiger partial charge in [0.25, 0.3) is 0 Å². The van der Waals surface area contributed by atoms with Gasteiger partial charge in [-0.25, -0.2) is 13.1 Å². The summed E-state index contributed by atoms with van der Waals surface area (Å²) in [5.74, 6) is 1.80. The third-order valence-corrected chi connectivity index (χ3v) is 5.95. The predicted molar refractivity (Wildman–Crippen MR) is 87.9 cm³/mol. The number of hydrogen-bond acceptors (Lipinski definition) is 3. The van der Waals surface area contributed by atoms with Gasteiger partial charge in [0, 0.05) is 12.3 Å². The molecular weight excluding hydrogens is 290 g/mol. The lowest BCUT2D eigenvalue weighted by Crippen LogP contribution is -2.26. The Labute approximate surface area is 127 Å². The maximum atomic E-state index is 12.1. The average Bonchev–Trinajstić information content (AvgIpc) is 2.44. The zero-order chi connectivity index (χ0) is 15.2. The molecule has 0 aromatic heterocycles. The maximum absolute atomic E-state index is 12.1. The fraction of sp³-hybridized carbons (Fsp3) is 0.600. The topological polar surface area (TPSA) is 46.2 Å². The average molecular weight is 316 g/mol. The summed E-state index contributed by atoms with van der Waals surface area (Å²) in [5, 5.41) is 0. The van der Waals surface area contributed by atoms with Crippen LogP contribution < -0.4 is 4.72 Å². The number of rotatable bonds is 8. The van der Waals surface area contributed by atoms with Crippen molar-refractivity contribution >= 4 is 21.8 Å². The Bertz CT molecular complexity index is 507. The van der Waals surface area contributed by atoms with E-state index < -0.39 is 10.0 Å². The molecule has 0 unspecified atom stereocenters. The van der Waals surface area contributed by atoms with Gasteiger partial charge in [0.05, 0.1) is 4.90 Å². The van der Waals surface area contributed by atoms with Crippen LogP contribution in [0.4, 0.5) is 0 Å². The summed E-state index contributed by atoms with van der Waals surface area (Å²) in [4.78, 5) is 0.342. The van der Waals surface area contributed by atoms with Crippen LogP contribution in [0.15, 0.2) is 29.2 Å². The molecule has 1 N–H and O–H groups in total. The lowest BCUT2D eigenvalue weighted by molar-refractivity contribution is 0.505. The molecular formula is C15H25NO2S2. The number of hydrogen-bond donors (Lipinski definition) is 1. The van der Waals surface area contributed by atoms with Crippen molar-refractivity contribution in [2.45, 2.75) is 44.4 Å². The second-order valence-electron chi connectivity index (χ2n) is 5.36. The summed E-state index contributed by atoms with van der Waals surface area (Å²) in [7, 11) is -3.37. The Hall–Kier alpha value is -0.520. The van der Waals surface area contributed by atoms with Crippen LogP contribution in [-0.2, 0) is 15.4 Å². The summed E-state index contributed by atoms with van der Waals surface area (Å²) < 4.78 is 26.8. The molecule has 0 aliphatic rings. The van der Waals surface area contributed by atoms with Crippen LogP contribution in [0.1, 0.15) is 39.7 Å². The molecule has 0 atom stereocenters. The standard InChI is InChI=1S/C15H25NO2S2/c1-5-15(3,4)13-7-9-14(10-8-13)20(17,18)16-11-12-19-6-2/h7-10,16H,5-6,11-12H2,1-4H3. The van der Waals surface area contributed by atoms with E-state index in [9.17, 15) is 8.42 Å². The van der Waals surface area contributed by atoms with Crippen LogP contribution in [0.5, 0.6) is 0 Å². The number of sulfonamides is 1. The molecule has 0 radical (unpaired) electrons. The van der Waals surface area contributed by atoms with Crippen LogP contribution in [0.3, 0.4) is 0 Å². The van der Waals surface area contributed by atoms with E-state index in [0.717, 1.165) is 17.9 Å². The Kier molecular flexibility index (Phi) is 6.55. The first kappa shape index (κ1) is 17.5. The highest BCUT2D eigenvalue weighted by Gasteiger charge is 2.19. The van der Waals surface area contributed by atoms with Gasteiger partial charge in [-0.05, 0) is 35.3 Å². The van der Waals surface area contributed by atoms with Crippen LogP contribution in [0, 0.1) is 0 Å². The van der Waals surface area contributed by atoms with E-state index in [1.54, 1.807) is 23.9 Å². The molecule has 0 saturated carbocycles. The molecule has 1 aromatic carbocycles. The molecule has 0 heterocycles. The van der Waals surface area contributed by atoms with Crippen molar-refractivity contribution in [2.75, 3.05) is 18.1 Å². The Morgan fingerprint density at radius 2 is 1.75 bits per heavy atom. The molecule has 5 heteroatoms. The van der Waals surface area contributed by atoms with E-state index in [0.29, 0.717) is 11.4 Å². The van der Waals surface area contributed by atoms with Crippen molar-refractivity contribution in [3.63, 3.8) is 0 Å². The lowest BCUT2D eigenvalue weighted by Gasteiger charge is -2.23. The summed E-state index contributed by atoms with van der Waals surface area (Å²) in [5.41, 5.74) is 1.24. The molecule has 0 saturated heterocycles. The Morgan fingerprint density at radius 3 is 2.25 bits per heavy atom. The number of benzene rings is 1. The van der Waals surface area contributed by atoms with Gasteiger partial charge < -0.3 is 0 Å². The fourth-order valence-corrected chi connectivity index (χ4v) is 3.46. The molecule has 0 amide bonds. The second kappa shape index (κ2) is 7.48. The van der Waals surface area contributed by atoms with Crippen LogP contribution in [-0.4, -0.2) is 26.5 Å². The highest BCUT2D eigenvalue weighted by molar-refractivity contribution is 7.99. The minimum absolute atomic E-state index is 0.0769. The zero-order valence-electron chi connectivity index (χ0n) is 12.8. The van der Waals surface area contributed by atoms with Crippen LogP contribution in [0.25, 0.3) is 0 Å². The van der Waals surface area contributed by atoms with Crippen LogP contribution >= 0.6 is 11.8 Å². The first-order chi connectivity index (χ1) is 9.33. The fourth-order valence-electron chi connectivity index (χ4n) is 1.77. The second-order valence-corrected chi connectivity index (χ2v) is 8.52. The van der Waals surface area contributed by atoms with E-state index in [2.05, 4.69) is 32.4 Å². The van der Waals surface area contributed by atoms with Gasteiger partial charge in [0.2, 0.25) is 10.0 Å². The summed E-state index contributed by atoms with van der Waals surface area (Å²) in [6.45, 7) is 9.00. The van der Waals surface area contributed by atoms with Crippen molar-refractivity contribution in [3.8, 4) is 0 Å². The molecule has 0 aliphatic carbocycles. The van der Waals surface area contributed by atoms with Crippen molar-refractivity contribution < 1.29 is 8.42 Å². The highest BCUT2D eigenvalue weighted by Crippen LogP contribution is 2.27. The smallest absolute Gasteiger partial charge is 0.210 e. The van der Waals surface area contributed by atoms with E-state index in [-0.39, 0.29) is 5.41 Å². The summed E-state index contributed by atoms with van der Waals surface area (Å²) >= 11 is 1.73. The molecule has 3 nitrogen and oxygen atoms in total. The van der Waals surface area contributed by atoms with Crippen LogP contribution in [0.2, 0.25) is 0 Å². The maximum Gasteiger partial charge on any atom is 0.240 e. The van der Waals surface area contributed by atoms with Crippen molar-refractivity contribution in [1.29, 1.82) is 0 Å². The Morgan fingerprint density at radius 1 is 1.15 bits per heavy atom. The Balaban J connectivity index is 2.77. The molecule has 0 bridgehead atoms. The summed E-state index contributed by atoms with van der Waals surface area (Å²) in [6.07, 6.45) is 1.02. The molecule has 0 spiro atoms. The lowest BCUT2D eigenvalue weighted by atomic mass is 9.82. The van der Waals surface area contributed by atoms with Crippen molar-refractivity contribution in [1.82, 2.24) is 4.72 Å². The van der Waals surface area contributed by atoms with Gasteiger partial charge in [-0.15, -0.1) is 0 Å². The van der Waals surface area contributed by atoms with Crippen molar-refractivity contribution in [2.24, 2.45) is 0 Å². The van der Waals surface area contributed by atoms with E-state index in [1.807, 2.05) is 12.1 Å². The van der Waals surface area contributed by atoms with Crippen molar-refractivity contribution in [3.05, 3.63) is 29.8 Å². The monoisotopic (exact) mass is 315 g/mol. The highest BCUT2D eigenvalue weighted by atomic mass is 32.2. The molecule has 114 valence electrons. The number of thioether (sulfide) groups is 1. The van der Waals surface area contributed by atoms with Gasteiger partial charge >= 0.3 is 0 Å². The molecule has 0 fully saturated rings. The predicted octanol–water partition coefficient (Wildman–Crippen LogP) is 3.41. The first-order valence-electron chi connectivity index (χ1n) is 7.01. The number of nitrogens with one attached hydrogen (secondary N) is 1. The van der Waals surface area contributed by atoms with Gasteiger partial charge in [-0.3, -0.25) is 0 Å². The first-order valence-corrected chi connectivity index (χ1v) is 9.65. The third-order valence-electron chi connectivity index (χ3n) is 3.57. The van der Waals surface area contributed by atoms with E-state index in [1.165, 1.54) is 5.56 Å². The normalized spacial score (nSPS) is 12.6. The van der Waals surface area contributed by atoms with E-state index in [4.69, 9.17) is 0 Å². The van der Waals surface area contributed by atoms with Gasteiger partial charge in [0.1, 0.15) is 0 Å². The molecule has 1 rings (SSSR count). The molecule has 0 aliphatic heterocycles. The van der Waals surface area contributed by atoms with Gasteiger partial charge in [0.15, 0.2) is 0 Å². The van der Waals surface area contributed by atoms with Gasteiger partial charge in [-0.2, -0.15) is 11.8 Å². The third kappa shape index (κ3) is 4.79. The summed E-state index contributed by atoms with van der Waals surface area (Å²) in [6, 6.07) is 7.22. The minimum atomic E-state index is -3.37. The van der Waals surface area contributed by atoms with E-state index >= 15 is 0 Å². The minimum Gasteiger partial charge on any atom is -0.210 e. The zero-order valence-corrected chi connectivity index (χ0v) is 14.4. The SMILES string of the molecule is CCSCCNS(=O)(=O)c1ccc(C(C)(C)CC)cc1. The quantitative estimate of drug-likeness (QED) is 0.748. The largest absolute Gasteiger partial charge is 0.240 e.